The smallest absolute Gasteiger partial charge is 0.287 e. The molecule has 0 unspecified atom stereocenters. The molecule has 0 aliphatic carbocycles. The standard InChI is InChI=1S/C19H24N2O3S/c1-15(13-20-19(22)18-6-3-9-23-18)24-17-5-2-4-16(12-17)14-21-7-10-25-11-8-21/h2-6,9,12,15H,7-8,10-11,13-14H2,1H3,(H,20,22)/t15-/m0/s1. The fraction of sp³-hybridized carbons (Fsp3) is 0.421. The van der Waals surface area contributed by atoms with Crippen LogP contribution in [0.1, 0.15) is 23.0 Å². The summed E-state index contributed by atoms with van der Waals surface area (Å²) in [7, 11) is 0. The number of benzene rings is 1. The van der Waals surface area contributed by atoms with Gasteiger partial charge in [-0.1, -0.05) is 12.1 Å². The van der Waals surface area contributed by atoms with Gasteiger partial charge in [0.25, 0.3) is 5.91 Å². The molecule has 6 heteroatoms. The summed E-state index contributed by atoms with van der Waals surface area (Å²) in [6.07, 6.45) is 1.36. The van der Waals surface area contributed by atoms with Crippen molar-refractivity contribution in [2.45, 2.75) is 19.6 Å². The Labute approximate surface area is 152 Å². The lowest BCUT2D eigenvalue weighted by Crippen LogP contribution is -2.33. The summed E-state index contributed by atoms with van der Waals surface area (Å²) >= 11 is 2.02. The zero-order valence-electron chi connectivity index (χ0n) is 14.4. The SMILES string of the molecule is C[C@@H](CNC(=O)c1ccco1)Oc1cccc(CN2CCSCC2)c1. The maximum absolute atomic E-state index is 11.9. The third-order valence-corrected chi connectivity index (χ3v) is 4.98. The largest absolute Gasteiger partial charge is 0.489 e. The van der Waals surface area contributed by atoms with E-state index in [1.807, 2.05) is 30.8 Å². The van der Waals surface area contributed by atoms with Gasteiger partial charge < -0.3 is 14.5 Å². The molecule has 0 bridgehead atoms. The Kier molecular flexibility index (Phi) is 6.42. The van der Waals surface area contributed by atoms with Crippen molar-refractivity contribution < 1.29 is 13.9 Å². The van der Waals surface area contributed by atoms with Crippen LogP contribution in [0.4, 0.5) is 0 Å². The van der Waals surface area contributed by atoms with E-state index >= 15 is 0 Å². The number of amides is 1. The maximum atomic E-state index is 11.9. The molecule has 1 aliphatic heterocycles. The van der Waals surface area contributed by atoms with Crippen LogP contribution in [-0.2, 0) is 6.54 Å². The molecular formula is C19H24N2O3S. The minimum absolute atomic E-state index is 0.124. The molecule has 1 N–H and O–H groups in total. The summed E-state index contributed by atoms with van der Waals surface area (Å²) in [5.74, 6) is 3.35. The zero-order valence-corrected chi connectivity index (χ0v) is 15.3. The maximum Gasteiger partial charge on any atom is 0.287 e. The Morgan fingerprint density at radius 1 is 1.32 bits per heavy atom. The number of hydrogen-bond acceptors (Lipinski definition) is 5. The van der Waals surface area contributed by atoms with Gasteiger partial charge in [-0.3, -0.25) is 9.69 Å². The average Bonchev–Trinajstić information content (AvgIpc) is 3.16. The molecule has 3 rings (SSSR count). The number of carbonyl (C=O) groups is 1. The van der Waals surface area contributed by atoms with Crippen molar-refractivity contribution in [1.29, 1.82) is 0 Å². The second-order valence-corrected chi connectivity index (χ2v) is 7.38. The van der Waals surface area contributed by atoms with E-state index in [-0.39, 0.29) is 12.0 Å². The number of hydrogen-bond donors (Lipinski definition) is 1. The number of nitrogens with one attached hydrogen (secondary N) is 1. The van der Waals surface area contributed by atoms with Crippen LogP contribution < -0.4 is 10.1 Å². The van der Waals surface area contributed by atoms with Crippen LogP contribution in [0.25, 0.3) is 0 Å². The van der Waals surface area contributed by atoms with Crippen molar-refractivity contribution in [2.24, 2.45) is 0 Å². The van der Waals surface area contributed by atoms with Crippen LogP contribution in [0.5, 0.6) is 5.75 Å². The van der Waals surface area contributed by atoms with E-state index in [1.54, 1.807) is 12.1 Å². The molecular weight excluding hydrogens is 336 g/mol. The summed E-state index contributed by atoms with van der Waals surface area (Å²) in [5, 5.41) is 2.82. The van der Waals surface area contributed by atoms with Crippen molar-refractivity contribution in [2.75, 3.05) is 31.1 Å². The molecule has 1 fully saturated rings. The summed E-state index contributed by atoms with van der Waals surface area (Å²) in [4.78, 5) is 14.3. The fourth-order valence-corrected chi connectivity index (χ4v) is 3.72. The second kappa shape index (κ2) is 8.97. The van der Waals surface area contributed by atoms with Gasteiger partial charge in [-0.2, -0.15) is 11.8 Å². The Morgan fingerprint density at radius 3 is 2.92 bits per heavy atom. The summed E-state index contributed by atoms with van der Waals surface area (Å²) in [6.45, 7) is 5.61. The van der Waals surface area contributed by atoms with E-state index in [2.05, 4.69) is 22.3 Å². The topological polar surface area (TPSA) is 54.7 Å². The van der Waals surface area contributed by atoms with Crippen molar-refractivity contribution >= 4 is 17.7 Å². The minimum atomic E-state index is -0.225. The highest BCUT2D eigenvalue weighted by molar-refractivity contribution is 7.99. The van der Waals surface area contributed by atoms with Crippen molar-refractivity contribution in [3.63, 3.8) is 0 Å². The molecule has 1 aliphatic rings. The number of thioether (sulfide) groups is 1. The Morgan fingerprint density at radius 2 is 2.16 bits per heavy atom. The van der Waals surface area contributed by atoms with Gasteiger partial charge in [-0.25, -0.2) is 0 Å². The Balaban J connectivity index is 1.48. The normalized spacial score (nSPS) is 16.4. The molecule has 0 saturated carbocycles. The first kappa shape index (κ1) is 17.9. The third kappa shape index (κ3) is 5.54. The van der Waals surface area contributed by atoms with Gasteiger partial charge in [0, 0.05) is 31.1 Å². The average molecular weight is 360 g/mol. The van der Waals surface area contributed by atoms with Gasteiger partial charge >= 0.3 is 0 Å². The first-order chi connectivity index (χ1) is 12.2. The first-order valence-corrected chi connectivity index (χ1v) is 9.73. The lowest BCUT2D eigenvalue weighted by Gasteiger charge is -2.26. The molecule has 1 aromatic carbocycles. The molecule has 1 saturated heterocycles. The quantitative estimate of drug-likeness (QED) is 0.823. The van der Waals surface area contributed by atoms with Crippen LogP contribution in [0, 0.1) is 0 Å². The molecule has 25 heavy (non-hydrogen) atoms. The van der Waals surface area contributed by atoms with Crippen molar-refractivity contribution in [1.82, 2.24) is 10.2 Å². The highest BCUT2D eigenvalue weighted by Gasteiger charge is 2.13. The molecule has 134 valence electrons. The zero-order chi connectivity index (χ0) is 17.5. The number of rotatable bonds is 7. The van der Waals surface area contributed by atoms with Gasteiger partial charge in [-0.15, -0.1) is 0 Å². The van der Waals surface area contributed by atoms with Crippen LogP contribution in [0.3, 0.4) is 0 Å². The highest BCUT2D eigenvalue weighted by atomic mass is 32.2. The Bertz CT molecular complexity index is 669. The number of furan rings is 1. The minimum Gasteiger partial charge on any atom is -0.489 e. The summed E-state index contributed by atoms with van der Waals surface area (Å²) in [5.41, 5.74) is 1.26. The highest BCUT2D eigenvalue weighted by Crippen LogP contribution is 2.18. The van der Waals surface area contributed by atoms with E-state index in [9.17, 15) is 4.79 Å². The predicted octanol–water partition coefficient (Wildman–Crippen LogP) is 3.03. The van der Waals surface area contributed by atoms with Gasteiger partial charge in [-0.05, 0) is 36.8 Å². The van der Waals surface area contributed by atoms with Crippen LogP contribution in [0.2, 0.25) is 0 Å². The molecule has 1 amide bonds. The third-order valence-electron chi connectivity index (χ3n) is 4.04. The van der Waals surface area contributed by atoms with E-state index in [0.29, 0.717) is 12.3 Å². The molecule has 2 aromatic rings. The Hall–Kier alpha value is -1.92. The van der Waals surface area contributed by atoms with Crippen LogP contribution >= 0.6 is 11.8 Å². The van der Waals surface area contributed by atoms with Crippen molar-refractivity contribution in [3.05, 3.63) is 54.0 Å². The number of carbonyl (C=O) groups excluding carboxylic acids is 1. The second-order valence-electron chi connectivity index (χ2n) is 6.15. The monoisotopic (exact) mass is 360 g/mol. The van der Waals surface area contributed by atoms with Crippen molar-refractivity contribution in [3.8, 4) is 5.75 Å². The van der Waals surface area contributed by atoms with E-state index in [1.165, 1.54) is 23.3 Å². The molecule has 5 nitrogen and oxygen atoms in total. The lowest BCUT2D eigenvalue weighted by atomic mass is 10.2. The lowest BCUT2D eigenvalue weighted by molar-refractivity contribution is 0.0904. The predicted molar refractivity (Wildman–Crippen MR) is 100 cm³/mol. The van der Waals surface area contributed by atoms with Gasteiger partial charge in [0.1, 0.15) is 11.9 Å². The van der Waals surface area contributed by atoms with Crippen LogP contribution in [-0.4, -0.2) is 48.1 Å². The fourth-order valence-electron chi connectivity index (χ4n) is 2.74. The summed E-state index contributed by atoms with van der Waals surface area (Å²) < 4.78 is 11.0. The van der Waals surface area contributed by atoms with Crippen LogP contribution in [0.15, 0.2) is 47.1 Å². The molecule has 0 spiro atoms. The molecule has 2 heterocycles. The van der Waals surface area contributed by atoms with E-state index in [0.717, 1.165) is 25.4 Å². The summed E-state index contributed by atoms with van der Waals surface area (Å²) in [6, 6.07) is 11.5. The van der Waals surface area contributed by atoms with Gasteiger partial charge in [0.15, 0.2) is 5.76 Å². The molecule has 0 radical (unpaired) electrons. The molecule has 1 aromatic heterocycles. The molecule has 1 atom stereocenters. The van der Waals surface area contributed by atoms with Gasteiger partial charge in [0.05, 0.1) is 12.8 Å². The van der Waals surface area contributed by atoms with Gasteiger partial charge in [0.2, 0.25) is 0 Å². The van der Waals surface area contributed by atoms with E-state index < -0.39 is 0 Å². The number of nitrogens with zero attached hydrogens (tertiary/aromatic N) is 1. The van der Waals surface area contributed by atoms with E-state index in [4.69, 9.17) is 9.15 Å². The first-order valence-electron chi connectivity index (χ1n) is 8.58. The number of ether oxygens (including phenoxy) is 1.